The molecule has 16 heavy (non-hydrogen) atoms. The number of hydrogen-bond donors (Lipinski definition) is 3. The first-order valence-electron chi connectivity index (χ1n) is 5.29. The monoisotopic (exact) mass is 221 g/mol. The lowest BCUT2D eigenvalue weighted by Crippen LogP contribution is -2.58. The van der Waals surface area contributed by atoms with Crippen LogP contribution in [-0.2, 0) is 4.74 Å². The molecule has 0 aromatic carbocycles. The molecule has 0 aromatic heterocycles. The van der Waals surface area contributed by atoms with Crippen LogP contribution in [-0.4, -0.2) is 24.0 Å². The molecule has 1 aliphatic carbocycles. The van der Waals surface area contributed by atoms with Crippen molar-refractivity contribution in [1.29, 1.82) is 5.41 Å². The Morgan fingerprint density at radius 3 is 2.94 bits per heavy atom. The Balaban J connectivity index is 2.21. The average molecular weight is 221 g/mol. The van der Waals surface area contributed by atoms with Crippen LogP contribution in [0.4, 0.5) is 4.79 Å². The van der Waals surface area contributed by atoms with Crippen LogP contribution in [0.2, 0.25) is 0 Å². The van der Waals surface area contributed by atoms with Crippen molar-refractivity contribution in [3.8, 4) is 0 Å². The van der Waals surface area contributed by atoms with Crippen molar-refractivity contribution in [2.45, 2.75) is 26.0 Å². The Kier molecular flexibility index (Phi) is 2.68. The summed E-state index contributed by atoms with van der Waals surface area (Å²) in [4.78, 5) is 11.2. The first-order chi connectivity index (χ1) is 7.58. The number of fused-ring (bicyclic) bond motifs is 1. The molecule has 0 aromatic rings. The van der Waals surface area contributed by atoms with E-state index in [-0.39, 0.29) is 29.9 Å². The summed E-state index contributed by atoms with van der Waals surface area (Å²) in [5.74, 6) is 0.676. The Hall–Kier alpha value is -1.78. The number of carbonyl (C=O) groups is 1. The van der Waals surface area contributed by atoms with Crippen LogP contribution in [0, 0.1) is 11.3 Å². The van der Waals surface area contributed by atoms with Crippen molar-refractivity contribution < 1.29 is 9.53 Å². The highest BCUT2D eigenvalue weighted by atomic mass is 16.5. The highest BCUT2D eigenvalue weighted by Gasteiger charge is 2.36. The number of nitrogens with one attached hydrogen (secondary N) is 3. The van der Waals surface area contributed by atoms with Gasteiger partial charge in [0.15, 0.2) is 0 Å². The van der Waals surface area contributed by atoms with E-state index >= 15 is 0 Å². The zero-order valence-corrected chi connectivity index (χ0v) is 9.28. The maximum Gasteiger partial charge on any atom is 0.320 e. The third-order valence-electron chi connectivity index (χ3n) is 2.47. The number of allylic oxidation sites excluding steroid dienone is 2. The van der Waals surface area contributed by atoms with Crippen LogP contribution >= 0.6 is 0 Å². The van der Waals surface area contributed by atoms with Gasteiger partial charge in [0.2, 0.25) is 0 Å². The second kappa shape index (κ2) is 4.00. The Morgan fingerprint density at radius 2 is 2.25 bits per heavy atom. The molecule has 2 atom stereocenters. The minimum absolute atomic E-state index is 0.0591. The van der Waals surface area contributed by atoms with Gasteiger partial charge in [0.05, 0.1) is 18.1 Å². The molecule has 0 radical (unpaired) electrons. The number of amidine groups is 1. The Morgan fingerprint density at radius 1 is 1.50 bits per heavy atom. The highest BCUT2D eigenvalue weighted by Crippen LogP contribution is 2.25. The van der Waals surface area contributed by atoms with Gasteiger partial charge in [0.1, 0.15) is 11.6 Å². The summed E-state index contributed by atoms with van der Waals surface area (Å²) in [7, 11) is 0. The van der Waals surface area contributed by atoms with E-state index in [2.05, 4.69) is 10.6 Å². The lowest BCUT2D eigenvalue weighted by atomic mass is 9.90. The molecule has 3 N–H and O–H groups in total. The normalized spacial score (nSPS) is 28.1. The highest BCUT2D eigenvalue weighted by molar-refractivity contribution is 6.01. The van der Waals surface area contributed by atoms with E-state index < -0.39 is 0 Å². The van der Waals surface area contributed by atoms with Crippen molar-refractivity contribution in [1.82, 2.24) is 10.6 Å². The topological polar surface area (TPSA) is 74.2 Å². The molecule has 1 heterocycles. The number of amides is 2. The molecule has 5 heteroatoms. The summed E-state index contributed by atoms with van der Waals surface area (Å²) in [6.45, 7) is 3.87. The molecule has 2 unspecified atom stereocenters. The van der Waals surface area contributed by atoms with Crippen LogP contribution < -0.4 is 10.6 Å². The summed E-state index contributed by atoms with van der Waals surface area (Å²) in [5, 5.41) is 13.0. The van der Waals surface area contributed by atoms with Gasteiger partial charge in [-0.25, -0.2) is 4.79 Å². The predicted octanol–water partition coefficient (Wildman–Crippen LogP) is 1.14. The zero-order chi connectivity index (χ0) is 11.7. The van der Waals surface area contributed by atoms with Gasteiger partial charge in [-0.2, -0.15) is 0 Å². The maximum absolute atomic E-state index is 11.2. The van der Waals surface area contributed by atoms with E-state index in [9.17, 15) is 4.79 Å². The van der Waals surface area contributed by atoms with Gasteiger partial charge in [-0.15, -0.1) is 0 Å². The number of rotatable bonds is 2. The van der Waals surface area contributed by atoms with Gasteiger partial charge >= 0.3 is 6.03 Å². The lowest BCUT2D eigenvalue weighted by Gasteiger charge is -2.35. The summed E-state index contributed by atoms with van der Waals surface area (Å²) < 4.78 is 5.64. The molecule has 1 fully saturated rings. The molecule has 0 bridgehead atoms. The van der Waals surface area contributed by atoms with Crippen molar-refractivity contribution in [2.24, 2.45) is 5.92 Å². The number of carbonyl (C=O) groups excluding carboxylic acids is 1. The van der Waals surface area contributed by atoms with E-state index in [0.29, 0.717) is 0 Å². The van der Waals surface area contributed by atoms with Crippen LogP contribution in [0.15, 0.2) is 24.0 Å². The Bertz CT molecular complexity index is 385. The van der Waals surface area contributed by atoms with Gasteiger partial charge in [-0.3, -0.25) is 10.7 Å². The van der Waals surface area contributed by atoms with E-state index in [1.54, 1.807) is 0 Å². The number of ether oxygens (including phenoxy) is 1. The second-order valence-corrected chi connectivity index (χ2v) is 4.14. The average Bonchev–Trinajstić information content (AvgIpc) is 2.15. The largest absolute Gasteiger partial charge is 0.494 e. The summed E-state index contributed by atoms with van der Waals surface area (Å²) in [6, 6.07) is -0.512. The van der Waals surface area contributed by atoms with Gasteiger partial charge in [-0.1, -0.05) is 12.2 Å². The minimum Gasteiger partial charge on any atom is -0.494 e. The van der Waals surface area contributed by atoms with Crippen LogP contribution in [0.25, 0.3) is 0 Å². The third kappa shape index (κ3) is 1.93. The third-order valence-corrected chi connectivity index (χ3v) is 2.47. The molecular weight excluding hydrogens is 206 g/mol. The maximum atomic E-state index is 11.2. The fourth-order valence-corrected chi connectivity index (χ4v) is 1.89. The summed E-state index contributed by atoms with van der Waals surface area (Å²) in [6.07, 6.45) is 5.61. The minimum atomic E-state index is -0.332. The lowest BCUT2D eigenvalue weighted by molar-refractivity contribution is 0.124. The molecule has 5 nitrogen and oxygen atoms in total. The number of urea groups is 1. The first kappa shape index (κ1) is 10.7. The molecule has 0 spiro atoms. The predicted molar refractivity (Wildman–Crippen MR) is 60.1 cm³/mol. The second-order valence-electron chi connectivity index (χ2n) is 4.14. The summed E-state index contributed by atoms with van der Waals surface area (Å²) >= 11 is 0. The van der Waals surface area contributed by atoms with Gasteiger partial charge < -0.3 is 10.1 Å². The molecule has 2 amide bonds. The van der Waals surface area contributed by atoms with E-state index in [1.807, 2.05) is 32.1 Å². The molecule has 2 aliphatic rings. The Labute approximate surface area is 94.1 Å². The van der Waals surface area contributed by atoms with Crippen molar-refractivity contribution in [3.63, 3.8) is 0 Å². The molecule has 2 rings (SSSR count). The van der Waals surface area contributed by atoms with Crippen LogP contribution in [0.1, 0.15) is 13.8 Å². The molecular formula is C11H15N3O2. The van der Waals surface area contributed by atoms with Crippen molar-refractivity contribution in [3.05, 3.63) is 24.0 Å². The quantitative estimate of drug-likeness (QED) is 0.654. The SMILES string of the molecule is CC(C)OC1=CC=CC2NC(=O)NC(=N)C12. The molecule has 1 saturated heterocycles. The molecule has 1 aliphatic heterocycles. The van der Waals surface area contributed by atoms with Crippen molar-refractivity contribution in [2.75, 3.05) is 0 Å². The van der Waals surface area contributed by atoms with E-state index in [4.69, 9.17) is 10.1 Å². The first-order valence-corrected chi connectivity index (χ1v) is 5.29. The van der Waals surface area contributed by atoms with Gasteiger partial charge in [-0.05, 0) is 19.9 Å². The molecule has 0 saturated carbocycles. The fraction of sp³-hybridized carbons (Fsp3) is 0.455. The van der Waals surface area contributed by atoms with Crippen LogP contribution in [0.3, 0.4) is 0 Å². The zero-order valence-electron chi connectivity index (χ0n) is 9.28. The fourth-order valence-electron chi connectivity index (χ4n) is 1.89. The van der Waals surface area contributed by atoms with Gasteiger partial charge in [0.25, 0.3) is 0 Å². The van der Waals surface area contributed by atoms with E-state index in [1.165, 1.54) is 0 Å². The number of hydrogen-bond acceptors (Lipinski definition) is 3. The smallest absolute Gasteiger partial charge is 0.320 e. The summed E-state index contributed by atoms with van der Waals surface area (Å²) in [5.41, 5.74) is 0. The standard InChI is InChI=1S/C11H15N3O2/c1-6(2)16-8-5-3-4-7-9(8)10(12)14-11(15)13-7/h3-7,9H,1-2H3,(H3,12,13,14,15). The van der Waals surface area contributed by atoms with Gasteiger partial charge in [0, 0.05) is 0 Å². The van der Waals surface area contributed by atoms with Crippen LogP contribution in [0.5, 0.6) is 0 Å². The molecule has 86 valence electrons. The van der Waals surface area contributed by atoms with E-state index in [0.717, 1.165) is 5.76 Å². The van der Waals surface area contributed by atoms with Crippen molar-refractivity contribution >= 4 is 11.9 Å².